The van der Waals surface area contributed by atoms with Crippen LogP contribution in [0, 0.1) is 11.3 Å². The zero-order valence-electron chi connectivity index (χ0n) is 13.0. The molecule has 0 unspecified atom stereocenters. The quantitative estimate of drug-likeness (QED) is 0.710. The summed E-state index contributed by atoms with van der Waals surface area (Å²) in [5.41, 5.74) is 1.81. The van der Waals surface area contributed by atoms with Gasteiger partial charge in [0, 0.05) is 38.1 Å². The van der Waals surface area contributed by atoms with Gasteiger partial charge in [-0.15, -0.1) is 24.8 Å². The van der Waals surface area contributed by atoms with E-state index in [4.69, 9.17) is 0 Å². The summed E-state index contributed by atoms with van der Waals surface area (Å²) in [5.74, 6) is 0.719. The van der Waals surface area contributed by atoms with Crippen LogP contribution in [0.4, 0.5) is 0 Å². The zero-order chi connectivity index (χ0) is 13.7. The van der Waals surface area contributed by atoms with Crippen molar-refractivity contribution in [2.24, 2.45) is 11.3 Å². The number of nitrogens with one attached hydrogen (secondary N) is 2. The molecule has 5 rings (SSSR count). The lowest BCUT2D eigenvalue weighted by atomic mass is 9.71. The van der Waals surface area contributed by atoms with E-state index in [-0.39, 0.29) is 30.9 Å². The summed E-state index contributed by atoms with van der Waals surface area (Å²) in [6.07, 6.45) is 5.78. The molecule has 6 heteroatoms. The number of hydrogen-bond acceptors (Lipinski definition) is 3. The lowest BCUT2D eigenvalue weighted by Crippen LogP contribution is -2.63. The van der Waals surface area contributed by atoms with E-state index in [0.717, 1.165) is 39.0 Å². The van der Waals surface area contributed by atoms with E-state index >= 15 is 0 Å². The topological polar surface area (TPSA) is 44.4 Å². The highest BCUT2D eigenvalue weighted by Crippen LogP contribution is 2.39. The number of amides is 1. The third kappa shape index (κ3) is 2.91. The summed E-state index contributed by atoms with van der Waals surface area (Å²) in [7, 11) is 0. The van der Waals surface area contributed by atoms with Crippen LogP contribution in [-0.2, 0) is 4.79 Å². The minimum atomic E-state index is 0. The highest BCUT2D eigenvalue weighted by atomic mass is 35.5. The number of nitrogens with zero attached hydrogens (tertiary/aromatic N) is 1. The molecule has 1 saturated carbocycles. The van der Waals surface area contributed by atoms with Crippen LogP contribution in [0.1, 0.15) is 32.1 Å². The molecule has 5 fully saturated rings. The maximum absolute atomic E-state index is 12.8. The fourth-order valence-electron chi connectivity index (χ4n) is 4.54. The lowest BCUT2D eigenvalue weighted by Gasteiger charge is -2.50. The molecule has 4 heterocycles. The molecular formula is C16H27Cl2N3O. The van der Waals surface area contributed by atoms with Crippen LogP contribution in [0.25, 0.3) is 0 Å². The average Bonchev–Trinajstić information content (AvgIpc) is 2.45. The Balaban J connectivity index is 0.000000882. The van der Waals surface area contributed by atoms with Crippen molar-refractivity contribution in [1.29, 1.82) is 0 Å². The molecule has 126 valence electrons. The molecule has 4 aliphatic heterocycles. The van der Waals surface area contributed by atoms with Crippen molar-refractivity contribution in [3.05, 3.63) is 12.2 Å². The van der Waals surface area contributed by atoms with Crippen LogP contribution in [0.2, 0.25) is 0 Å². The van der Waals surface area contributed by atoms with E-state index in [0.29, 0.717) is 23.3 Å². The summed E-state index contributed by atoms with van der Waals surface area (Å²) >= 11 is 0. The first-order valence-corrected chi connectivity index (χ1v) is 8.10. The molecule has 1 amide bonds. The first-order valence-electron chi connectivity index (χ1n) is 8.10. The van der Waals surface area contributed by atoms with Gasteiger partial charge in [-0.1, -0.05) is 12.2 Å². The number of carbonyl (C=O) groups is 1. The standard InChI is InChI=1S/C16H25N3O.2ClH/c1-11-8-12-2-3-13(11)14(18-12)15(20)19-6-4-16(5-7-19)9-17-10-16;;/h12-14,17-18H,1-10H2;2*1H/t12-,13+,14-;;/m0../s1. The molecule has 4 nitrogen and oxygen atoms in total. The number of halogens is 2. The van der Waals surface area contributed by atoms with Crippen molar-refractivity contribution < 1.29 is 4.79 Å². The normalized spacial score (nSPS) is 35.4. The number of carbonyl (C=O) groups excluding carboxylic acids is 1. The second-order valence-electron chi connectivity index (χ2n) is 7.32. The van der Waals surface area contributed by atoms with Gasteiger partial charge in [-0.3, -0.25) is 4.79 Å². The van der Waals surface area contributed by atoms with Crippen molar-refractivity contribution >= 4 is 30.7 Å². The predicted octanol–water partition coefficient (Wildman–Crippen LogP) is 1.74. The van der Waals surface area contributed by atoms with Crippen molar-refractivity contribution in [2.45, 2.75) is 44.2 Å². The molecule has 4 saturated heterocycles. The molecule has 2 N–H and O–H groups in total. The molecule has 0 radical (unpaired) electrons. The fourth-order valence-corrected chi connectivity index (χ4v) is 4.54. The highest BCUT2D eigenvalue weighted by molar-refractivity contribution is 5.85. The number of rotatable bonds is 1. The molecule has 3 atom stereocenters. The van der Waals surface area contributed by atoms with Crippen LogP contribution in [-0.4, -0.2) is 49.1 Å². The Morgan fingerprint density at radius 1 is 1.18 bits per heavy atom. The van der Waals surface area contributed by atoms with E-state index < -0.39 is 0 Å². The van der Waals surface area contributed by atoms with Gasteiger partial charge < -0.3 is 15.5 Å². The van der Waals surface area contributed by atoms with Gasteiger partial charge in [0.15, 0.2) is 0 Å². The van der Waals surface area contributed by atoms with Gasteiger partial charge >= 0.3 is 0 Å². The van der Waals surface area contributed by atoms with Crippen molar-refractivity contribution in [3.8, 4) is 0 Å². The number of hydrogen-bond donors (Lipinski definition) is 2. The van der Waals surface area contributed by atoms with Crippen LogP contribution in [0.5, 0.6) is 0 Å². The molecule has 1 aliphatic carbocycles. The maximum Gasteiger partial charge on any atom is 0.240 e. The molecule has 0 aromatic carbocycles. The van der Waals surface area contributed by atoms with Crippen LogP contribution in [0.15, 0.2) is 12.2 Å². The van der Waals surface area contributed by atoms with Crippen molar-refractivity contribution in [1.82, 2.24) is 15.5 Å². The van der Waals surface area contributed by atoms with Crippen molar-refractivity contribution in [2.75, 3.05) is 26.2 Å². The first kappa shape index (κ1) is 18.1. The van der Waals surface area contributed by atoms with E-state index in [1.54, 1.807) is 0 Å². The summed E-state index contributed by atoms with van der Waals surface area (Å²) < 4.78 is 0. The van der Waals surface area contributed by atoms with E-state index in [9.17, 15) is 4.79 Å². The maximum atomic E-state index is 12.8. The van der Waals surface area contributed by atoms with Gasteiger partial charge in [0.25, 0.3) is 0 Å². The molecular weight excluding hydrogens is 321 g/mol. The Morgan fingerprint density at radius 3 is 2.36 bits per heavy atom. The third-order valence-electron chi connectivity index (χ3n) is 6.08. The second kappa shape index (κ2) is 6.68. The van der Waals surface area contributed by atoms with Gasteiger partial charge in [-0.2, -0.15) is 0 Å². The largest absolute Gasteiger partial charge is 0.341 e. The van der Waals surface area contributed by atoms with Crippen LogP contribution in [0.3, 0.4) is 0 Å². The number of likely N-dealkylation sites (tertiary alicyclic amines) is 1. The molecule has 0 aromatic rings. The minimum Gasteiger partial charge on any atom is -0.341 e. The molecule has 22 heavy (non-hydrogen) atoms. The van der Waals surface area contributed by atoms with Gasteiger partial charge in [-0.25, -0.2) is 0 Å². The SMILES string of the molecule is C=C1C[C@@H]2CC[C@H]1[C@@H](C(=O)N1CCC3(CC1)CNC3)N2.Cl.Cl. The Kier molecular flexibility index (Phi) is 5.48. The predicted molar refractivity (Wildman–Crippen MR) is 92.8 cm³/mol. The third-order valence-corrected chi connectivity index (χ3v) is 6.08. The van der Waals surface area contributed by atoms with Gasteiger partial charge in [-0.05, 0) is 37.5 Å². The Morgan fingerprint density at radius 2 is 1.86 bits per heavy atom. The summed E-state index contributed by atoms with van der Waals surface area (Å²) in [5, 5.41) is 6.94. The molecule has 2 bridgehead atoms. The smallest absolute Gasteiger partial charge is 0.240 e. The average molecular weight is 348 g/mol. The van der Waals surface area contributed by atoms with Crippen LogP contribution < -0.4 is 10.6 Å². The molecule has 0 aromatic heterocycles. The van der Waals surface area contributed by atoms with Crippen LogP contribution >= 0.6 is 24.8 Å². The van der Waals surface area contributed by atoms with Gasteiger partial charge in [0.05, 0.1) is 6.04 Å². The zero-order valence-corrected chi connectivity index (χ0v) is 14.6. The van der Waals surface area contributed by atoms with Crippen molar-refractivity contribution in [3.63, 3.8) is 0 Å². The lowest BCUT2D eigenvalue weighted by molar-refractivity contribution is -0.139. The Labute approximate surface area is 145 Å². The Hall–Kier alpha value is -0.290. The Bertz CT molecular complexity index is 443. The van der Waals surface area contributed by atoms with E-state index in [2.05, 4.69) is 22.1 Å². The van der Waals surface area contributed by atoms with Gasteiger partial charge in [0.1, 0.15) is 0 Å². The van der Waals surface area contributed by atoms with Gasteiger partial charge in [0.2, 0.25) is 5.91 Å². The summed E-state index contributed by atoms with van der Waals surface area (Å²) in [6.45, 7) is 8.40. The summed E-state index contributed by atoms with van der Waals surface area (Å²) in [4.78, 5) is 14.9. The second-order valence-corrected chi connectivity index (χ2v) is 7.32. The number of fused-ring (bicyclic) bond motifs is 3. The molecule has 5 aliphatic rings. The number of piperidine rings is 3. The molecule has 1 spiro atoms. The minimum absolute atomic E-state index is 0. The fraction of sp³-hybridized carbons (Fsp3) is 0.812. The van der Waals surface area contributed by atoms with E-state index in [1.807, 2.05) is 0 Å². The highest BCUT2D eigenvalue weighted by Gasteiger charge is 2.45. The van der Waals surface area contributed by atoms with E-state index in [1.165, 1.54) is 24.8 Å². The summed E-state index contributed by atoms with van der Waals surface area (Å²) in [6, 6.07) is 0.511. The first-order chi connectivity index (χ1) is 9.67. The monoisotopic (exact) mass is 347 g/mol.